The smallest absolute Gasteiger partial charge is 0.500 e. The maximum absolute atomic E-state index is 6.40. The monoisotopic (exact) mass is 379 g/mol. The van der Waals surface area contributed by atoms with E-state index in [9.17, 15) is 0 Å². The largest absolute Gasteiger partial charge is 0.543 e. The van der Waals surface area contributed by atoms with Crippen molar-refractivity contribution in [2.45, 2.75) is 38.5 Å². The third-order valence-corrected chi connectivity index (χ3v) is 7.73. The first kappa shape index (κ1) is 20.1. The van der Waals surface area contributed by atoms with Crippen LogP contribution in [0.15, 0.2) is 30.5 Å². The summed E-state index contributed by atoms with van der Waals surface area (Å²) in [6.45, 7) is 6.58. The molecule has 0 aliphatic heterocycles. The number of hydrogen-bond donors (Lipinski definition) is 0. The number of benzene rings is 1. The van der Waals surface area contributed by atoms with Crippen molar-refractivity contribution in [2.75, 3.05) is 21.3 Å². The predicted octanol–water partition coefficient (Wildman–Crippen LogP) is 4.26. The number of hydrogen-bond acceptors (Lipinski definition) is 5. The van der Waals surface area contributed by atoms with Gasteiger partial charge in [0.25, 0.3) is 0 Å². The molecule has 2 aromatic rings. The van der Waals surface area contributed by atoms with Gasteiger partial charge in [-0.3, -0.25) is 4.98 Å². The molecule has 0 bridgehead atoms. The first-order valence-electron chi connectivity index (χ1n) is 8.55. The van der Waals surface area contributed by atoms with E-state index >= 15 is 0 Å². The van der Waals surface area contributed by atoms with Gasteiger partial charge in [0.15, 0.2) is 0 Å². The lowest BCUT2D eigenvalue weighted by molar-refractivity contribution is 0.123. The number of fused-ring (bicyclic) bond motifs is 1. The van der Waals surface area contributed by atoms with E-state index in [-0.39, 0.29) is 0 Å². The van der Waals surface area contributed by atoms with E-state index in [4.69, 9.17) is 17.7 Å². The summed E-state index contributed by atoms with van der Waals surface area (Å²) in [7, 11) is 0.670. The topological polar surface area (TPSA) is 49.8 Å². The molecule has 0 unspecified atom stereocenters. The highest BCUT2D eigenvalue weighted by atomic mass is 28.4. The fourth-order valence-corrected chi connectivity index (χ4v) is 5.39. The van der Waals surface area contributed by atoms with Crippen LogP contribution in [0.4, 0.5) is 0 Å². The van der Waals surface area contributed by atoms with E-state index < -0.39 is 17.1 Å². The molecular formula is C18H29NO4Si2. The lowest BCUT2D eigenvalue weighted by Crippen LogP contribution is -2.42. The fourth-order valence-electron chi connectivity index (χ4n) is 2.83. The van der Waals surface area contributed by atoms with E-state index in [0.717, 1.165) is 35.5 Å². The van der Waals surface area contributed by atoms with Crippen molar-refractivity contribution < 1.29 is 17.7 Å². The fraction of sp³-hybridized carbons (Fsp3) is 0.500. The van der Waals surface area contributed by atoms with Crippen LogP contribution in [0.3, 0.4) is 0 Å². The van der Waals surface area contributed by atoms with Crippen molar-refractivity contribution in [1.82, 2.24) is 4.98 Å². The maximum Gasteiger partial charge on any atom is 0.500 e. The Kier molecular flexibility index (Phi) is 6.75. The third kappa shape index (κ3) is 5.11. The van der Waals surface area contributed by atoms with E-state index in [2.05, 4.69) is 42.8 Å². The molecule has 1 aromatic carbocycles. The van der Waals surface area contributed by atoms with Gasteiger partial charge in [0, 0.05) is 39.0 Å². The summed E-state index contributed by atoms with van der Waals surface area (Å²) in [4.78, 5) is 4.56. The summed E-state index contributed by atoms with van der Waals surface area (Å²) in [6, 6.07) is 9.05. The van der Waals surface area contributed by atoms with Crippen LogP contribution in [0.1, 0.15) is 12.0 Å². The van der Waals surface area contributed by atoms with Gasteiger partial charge in [-0.1, -0.05) is 18.2 Å². The van der Waals surface area contributed by atoms with Crippen molar-refractivity contribution in [3.63, 3.8) is 0 Å². The Morgan fingerprint density at radius 3 is 2.24 bits per heavy atom. The minimum Gasteiger partial charge on any atom is -0.543 e. The highest BCUT2D eigenvalue weighted by molar-refractivity contribution is 6.70. The van der Waals surface area contributed by atoms with Crippen LogP contribution in [0.25, 0.3) is 10.9 Å². The molecule has 0 radical (unpaired) electrons. The molecule has 0 N–H and O–H groups in total. The molecule has 0 amide bonds. The third-order valence-electron chi connectivity index (χ3n) is 4.08. The van der Waals surface area contributed by atoms with Crippen LogP contribution < -0.4 is 4.43 Å². The molecule has 1 aromatic heterocycles. The van der Waals surface area contributed by atoms with Crippen LogP contribution in [0, 0.1) is 0 Å². The normalized spacial score (nSPS) is 12.6. The molecule has 0 atom stereocenters. The van der Waals surface area contributed by atoms with Crippen molar-refractivity contribution in [2.24, 2.45) is 0 Å². The maximum atomic E-state index is 6.40. The average molecular weight is 380 g/mol. The predicted molar refractivity (Wildman–Crippen MR) is 106 cm³/mol. The molecule has 1 heterocycles. The molecule has 7 heteroatoms. The van der Waals surface area contributed by atoms with Crippen molar-refractivity contribution >= 4 is 28.0 Å². The minimum atomic E-state index is -2.54. The van der Waals surface area contributed by atoms with Crippen molar-refractivity contribution in [3.8, 4) is 5.75 Å². The molecule has 0 saturated carbocycles. The number of aromatic nitrogens is 1. The molecule has 0 spiro atoms. The zero-order valence-corrected chi connectivity index (χ0v) is 18.1. The van der Waals surface area contributed by atoms with Gasteiger partial charge in [-0.2, -0.15) is 0 Å². The summed E-state index contributed by atoms with van der Waals surface area (Å²) < 4.78 is 22.9. The Morgan fingerprint density at radius 1 is 0.960 bits per heavy atom. The van der Waals surface area contributed by atoms with Gasteiger partial charge in [-0.25, -0.2) is 0 Å². The zero-order valence-electron chi connectivity index (χ0n) is 16.1. The Morgan fingerprint density at radius 2 is 1.64 bits per heavy atom. The first-order valence-corrected chi connectivity index (χ1v) is 13.9. The van der Waals surface area contributed by atoms with E-state index in [0.29, 0.717) is 0 Å². The molecule has 0 fully saturated rings. The van der Waals surface area contributed by atoms with Gasteiger partial charge in [0.05, 0.1) is 0 Å². The van der Waals surface area contributed by atoms with Crippen LogP contribution >= 0.6 is 0 Å². The van der Waals surface area contributed by atoms with Gasteiger partial charge in [0.1, 0.15) is 11.3 Å². The molecule has 25 heavy (non-hydrogen) atoms. The summed E-state index contributed by atoms with van der Waals surface area (Å²) in [5.74, 6) is 0.928. The molecule has 0 aliphatic carbocycles. The van der Waals surface area contributed by atoms with Gasteiger partial charge in [-0.15, -0.1) is 0 Å². The lowest BCUT2D eigenvalue weighted by atomic mass is 10.1. The second-order valence-electron chi connectivity index (χ2n) is 6.99. The Bertz CT molecular complexity index is 691. The molecule has 2 rings (SSSR count). The van der Waals surface area contributed by atoms with E-state index in [1.54, 1.807) is 21.3 Å². The summed E-state index contributed by atoms with van der Waals surface area (Å²) in [5.41, 5.74) is 2.12. The second kappa shape index (κ2) is 8.42. The molecular weight excluding hydrogens is 350 g/mol. The van der Waals surface area contributed by atoms with Gasteiger partial charge < -0.3 is 17.7 Å². The van der Waals surface area contributed by atoms with Crippen LogP contribution in [-0.2, 0) is 19.7 Å². The highest BCUT2D eigenvalue weighted by Gasteiger charge is 2.37. The number of rotatable bonds is 9. The lowest BCUT2D eigenvalue weighted by Gasteiger charge is -2.25. The van der Waals surface area contributed by atoms with Crippen LogP contribution in [0.5, 0.6) is 5.75 Å². The average Bonchev–Trinajstić information content (AvgIpc) is 2.60. The van der Waals surface area contributed by atoms with E-state index in [1.165, 1.54) is 5.56 Å². The van der Waals surface area contributed by atoms with Gasteiger partial charge >= 0.3 is 8.80 Å². The summed E-state index contributed by atoms with van der Waals surface area (Å²) in [5, 5.41) is 1.11. The Labute approximate surface area is 152 Å². The highest BCUT2D eigenvalue weighted by Crippen LogP contribution is 2.32. The Hall–Kier alpha value is -1.26. The Balaban J connectivity index is 2.26. The first-order chi connectivity index (χ1) is 11.8. The summed E-state index contributed by atoms with van der Waals surface area (Å²) in [6.07, 6.45) is 3.60. The van der Waals surface area contributed by atoms with Crippen molar-refractivity contribution in [1.29, 1.82) is 0 Å². The van der Waals surface area contributed by atoms with Crippen LogP contribution in [0.2, 0.25) is 25.7 Å². The number of aryl methyl sites for hydroxylation is 1. The number of nitrogens with zero attached hydrogens (tertiary/aromatic N) is 1. The molecule has 0 saturated heterocycles. The quantitative estimate of drug-likeness (QED) is 0.609. The van der Waals surface area contributed by atoms with E-state index in [1.807, 2.05) is 12.3 Å². The summed E-state index contributed by atoms with van der Waals surface area (Å²) >= 11 is 0. The minimum absolute atomic E-state index is 0.767. The number of pyridine rings is 1. The van der Waals surface area contributed by atoms with Gasteiger partial charge in [-0.05, 0) is 44.1 Å². The SMILES string of the molecule is CO[Si](CCCc1ccc2cccnc2c1O[Si](C)(C)C)(OC)OC. The van der Waals surface area contributed by atoms with Crippen LogP contribution in [-0.4, -0.2) is 43.4 Å². The van der Waals surface area contributed by atoms with Crippen molar-refractivity contribution in [3.05, 3.63) is 36.0 Å². The zero-order chi connectivity index (χ0) is 18.5. The standard InChI is InChI=1S/C18H29NO4Si2/c1-20-25(21-2,22-3)14-8-10-16-12-11-15-9-7-13-19-17(15)18(16)23-24(4,5)6/h7,9,11-13H,8,10,14H2,1-6H3. The van der Waals surface area contributed by atoms with Gasteiger partial charge in [0.2, 0.25) is 8.32 Å². The molecule has 0 aliphatic rings. The molecule has 138 valence electrons. The second-order valence-corrected chi connectivity index (χ2v) is 14.5. The molecule has 5 nitrogen and oxygen atoms in total.